The number of aromatic nitrogens is 5. The van der Waals surface area contributed by atoms with Gasteiger partial charge in [-0.25, -0.2) is 9.67 Å². The maximum Gasteiger partial charge on any atom is 0.254 e. The first-order chi connectivity index (χ1) is 14.1. The van der Waals surface area contributed by atoms with E-state index >= 15 is 0 Å². The van der Waals surface area contributed by atoms with Gasteiger partial charge in [0.2, 0.25) is 11.8 Å². The highest BCUT2D eigenvalue weighted by Gasteiger charge is 2.18. The van der Waals surface area contributed by atoms with Gasteiger partial charge in [-0.2, -0.15) is 5.10 Å². The lowest BCUT2D eigenvalue weighted by Crippen LogP contribution is -2.28. The first kappa shape index (κ1) is 19.9. The normalized spacial score (nSPS) is 10.4. The van der Waals surface area contributed by atoms with Crippen LogP contribution >= 0.6 is 0 Å². The van der Waals surface area contributed by atoms with Crippen molar-refractivity contribution in [3.05, 3.63) is 54.0 Å². The molecule has 3 rings (SSSR count). The van der Waals surface area contributed by atoms with Crippen molar-refractivity contribution in [3.63, 3.8) is 0 Å². The molecule has 0 aliphatic carbocycles. The minimum atomic E-state index is -0.305. The molecule has 29 heavy (non-hydrogen) atoms. The summed E-state index contributed by atoms with van der Waals surface area (Å²) in [4.78, 5) is 28.5. The molecule has 0 spiro atoms. The van der Waals surface area contributed by atoms with Crippen LogP contribution in [-0.4, -0.2) is 50.4 Å². The van der Waals surface area contributed by atoms with Gasteiger partial charge in [-0.05, 0) is 24.6 Å². The van der Waals surface area contributed by atoms with Crippen LogP contribution in [0.25, 0.3) is 5.82 Å². The van der Waals surface area contributed by atoms with Crippen molar-refractivity contribution in [1.82, 2.24) is 30.3 Å². The molecule has 2 amide bonds. The Balaban J connectivity index is 1.60. The van der Waals surface area contributed by atoms with Crippen LogP contribution in [0.5, 0.6) is 5.88 Å². The van der Waals surface area contributed by atoms with Gasteiger partial charge in [0.1, 0.15) is 5.82 Å². The topological polar surface area (TPSA) is 124 Å². The Morgan fingerprint density at radius 3 is 2.69 bits per heavy atom. The lowest BCUT2D eigenvalue weighted by Gasteiger charge is -2.08. The molecule has 3 heterocycles. The van der Waals surface area contributed by atoms with Crippen LogP contribution in [-0.2, 0) is 11.2 Å². The molecule has 2 N–H and O–H groups in total. The summed E-state index contributed by atoms with van der Waals surface area (Å²) >= 11 is 0. The first-order valence-electron chi connectivity index (χ1n) is 9.06. The lowest BCUT2D eigenvalue weighted by molar-refractivity contribution is -0.116. The van der Waals surface area contributed by atoms with Crippen LogP contribution in [0, 0.1) is 0 Å². The minimum absolute atomic E-state index is 0.127. The zero-order chi connectivity index (χ0) is 20.6. The van der Waals surface area contributed by atoms with Gasteiger partial charge in [0.25, 0.3) is 5.91 Å². The molecule has 0 saturated carbocycles. The Bertz CT molecular complexity index is 971. The summed E-state index contributed by atoms with van der Waals surface area (Å²) in [5.74, 6) is 0.806. The largest absolute Gasteiger partial charge is 0.480 e. The van der Waals surface area contributed by atoms with E-state index in [1.54, 1.807) is 41.2 Å². The monoisotopic (exact) mass is 395 g/mol. The van der Waals surface area contributed by atoms with E-state index < -0.39 is 0 Å². The van der Waals surface area contributed by atoms with Crippen molar-refractivity contribution in [3.8, 4) is 11.7 Å². The number of hydrogen-bond acceptors (Lipinski definition) is 7. The Kier molecular flexibility index (Phi) is 6.46. The zero-order valence-corrected chi connectivity index (χ0v) is 16.1. The molecule has 0 aliphatic rings. The molecule has 150 valence electrons. The lowest BCUT2D eigenvalue weighted by atomic mass is 10.2. The van der Waals surface area contributed by atoms with Gasteiger partial charge in [-0.1, -0.05) is 13.0 Å². The van der Waals surface area contributed by atoms with Crippen LogP contribution < -0.4 is 15.4 Å². The van der Waals surface area contributed by atoms with Crippen LogP contribution in [0.3, 0.4) is 0 Å². The fraction of sp³-hybridized carbons (Fsp3) is 0.263. The summed E-state index contributed by atoms with van der Waals surface area (Å²) in [5.41, 5.74) is 1.12. The number of rotatable bonds is 8. The Hall–Kier alpha value is -3.82. The van der Waals surface area contributed by atoms with E-state index in [0.29, 0.717) is 35.2 Å². The SMILES string of the molecule is CCc1c(C(=O)NCCC(=O)Nc2ccccn2)cnn1-c1ccc(OC)nn1. The summed E-state index contributed by atoms with van der Waals surface area (Å²) in [7, 11) is 1.51. The average Bonchev–Trinajstić information content (AvgIpc) is 3.18. The number of nitrogens with one attached hydrogen (secondary N) is 2. The van der Waals surface area contributed by atoms with E-state index in [4.69, 9.17) is 4.74 Å². The zero-order valence-electron chi connectivity index (χ0n) is 16.1. The number of nitrogens with zero attached hydrogens (tertiary/aromatic N) is 5. The van der Waals surface area contributed by atoms with Gasteiger partial charge in [0.05, 0.1) is 24.6 Å². The fourth-order valence-electron chi connectivity index (χ4n) is 2.66. The Labute approximate surface area is 167 Å². The van der Waals surface area contributed by atoms with E-state index in [9.17, 15) is 9.59 Å². The number of methoxy groups -OCH3 is 1. The third kappa shape index (κ3) is 4.92. The second-order valence-electron chi connectivity index (χ2n) is 5.97. The smallest absolute Gasteiger partial charge is 0.254 e. The van der Waals surface area contributed by atoms with Crippen LogP contribution in [0.15, 0.2) is 42.7 Å². The number of ether oxygens (including phenoxy) is 1. The van der Waals surface area contributed by atoms with Gasteiger partial charge >= 0.3 is 0 Å². The Morgan fingerprint density at radius 2 is 2.03 bits per heavy atom. The highest BCUT2D eigenvalue weighted by Crippen LogP contribution is 2.15. The van der Waals surface area contributed by atoms with E-state index in [2.05, 4.69) is 30.9 Å². The molecule has 0 radical (unpaired) electrons. The summed E-state index contributed by atoms with van der Waals surface area (Å²) in [6, 6.07) is 8.62. The molecular weight excluding hydrogens is 374 g/mol. The fourth-order valence-corrected chi connectivity index (χ4v) is 2.66. The third-order valence-corrected chi connectivity index (χ3v) is 4.07. The number of anilines is 1. The van der Waals surface area contributed by atoms with Crippen molar-refractivity contribution < 1.29 is 14.3 Å². The van der Waals surface area contributed by atoms with Gasteiger partial charge in [0, 0.05) is 25.2 Å². The summed E-state index contributed by atoms with van der Waals surface area (Å²) in [6.45, 7) is 2.11. The Morgan fingerprint density at radius 1 is 1.17 bits per heavy atom. The molecule has 0 bridgehead atoms. The molecule has 0 atom stereocenters. The predicted molar refractivity (Wildman–Crippen MR) is 105 cm³/mol. The predicted octanol–water partition coefficient (Wildman–Crippen LogP) is 1.39. The van der Waals surface area contributed by atoms with Crippen molar-refractivity contribution in [2.75, 3.05) is 19.0 Å². The minimum Gasteiger partial charge on any atom is -0.480 e. The highest BCUT2D eigenvalue weighted by atomic mass is 16.5. The maximum atomic E-state index is 12.5. The molecule has 0 aliphatic heterocycles. The standard InChI is InChI=1S/C19H21N7O3/c1-3-14-13(12-22-26(14)16-7-8-18(29-2)25-24-16)19(28)21-11-9-17(27)23-15-6-4-5-10-20-15/h4-8,10,12H,3,9,11H2,1-2H3,(H,21,28)(H,20,23,27). The number of carbonyl (C=O) groups excluding carboxylic acids is 2. The number of hydrogen-bond donors (Lipinski definition) is 2. The highest BCUT2D eigenvalue weighted by molar-refractivity contribution is 5.96. The van der Waals surface area contributed by atoms with Crippen molar-refractivity contribution in [2.45, 2.75) is 19.8 Å². The number of carbonyl (C=O) groups is 2. The van der Waals surface area contributed by atoms with Gasteiger partial charge in [-0.15, -0.1) is 10.2 Å². The molecule has 0 aromatic carbocycles. The number of amides is 2. The third-order valence-electron chi connectivity index (χ3n) is 4.07. The molecular formula is C19H21N7O3. The second kappa shape index (κ2) is 9.40. The van der Waals surface area contributed by atoms with Crippen molar-refractivity contribution in [2.24, 2.45) is 0 Å². The molecule has 10 heteroatoms. The van der Waals surface area contributed by atoms with Gasteiger partial charge in [-0.3, -0.25) is 9.59 Å². The van der Waals surface area contributed by atoms with E-state index in [-0.39, 0.29) is 24.8 Å². The van der Waals surface area contributed by atoms with Crippen molar-refractivity contribution >= 4 is 17.6 Å². The summed E-state index contributed by atoms with van der Waals surface area (Å²) in [5, 5.41) is 17.7. The average molecular weight is 395 g/mol. The molecule has 3 aromatic rings. The van der Waals surface area contributed by atoms with E-state index in [1.807, 2.05) is 6.92 Å². The molecule has 0 fully saturated rings. The summed E-state index contributed by atoms with van der Waals surface area (Å²) < 4.78 is 6.57. The summed E-state index contributed by atoms with van der Waals surface area (Å²) in [6.07, 6.45) is 3.76. The first-order valence-corrected chi connectivity index (χ1v) is 9.06. The molecule has 3 aromatic heterocycles. The van der Waals surface area contributed by atoms with E-state index in [1.165, 1.54) is 13.3 Å². The molecule has 0 saturated heterocycles. The van der Waals surface area contributed by atoms with Gasteiger partial charge in [0.15, 0.2) is 5.82 Å². The van der Waals surface area contributed by atoms with Crippen LogP contribution in [0.2, 0.25) is 0 Å². The number of pyridine rings is 1. The quantitative estimate of drug-likeness (QED) is 0.590. The van der Waals surface area contributed by atoms with Crippen molar-refractivity contribution in [1.29, 1.82) is 0 Å². The van der Waals surface area contributed by atoms with E-state index in [0.717, 1.165) is 0 Å². The van der Waals surface area contributed by atoms with Crippen LogP contribution in [0.4, 0.5) is 5.82 Å². The molecule has 0 unspecified atom stereocenters. The molecule has 10 nitrogen and oxygen atoms in total. The maximum absolute atomic E-state index is 12.5. The van der Waals surface area contributed by atoms with Gasteiger partial charge < -0.3 is 15.4 Å². The van der Waals surface area contributed by atoms with Crippen LogP contribution in [0.1, 0.15) is 29.4 Å². The second-order valence-corrected chi connectivity index (χ2v) is 5.97.